The molecule has 0 bridgehead atoms. The van der Waals surface area contributed by atoms with Gasteiger partial charge in [0.1, 0.15) is 11.6 Å². The monoisotopic (exact) mass is 450 g/mol. The summed E-state index contributed by atoms with van der Waals surface area (Å²) in [4.78, 5) is 28.9. The summed E-state index contributed by atoms with van der Waals surface area (Å²) < 4.78 is 18.5. The number of aromatic amines is 1. The molecule has 0 aliphatic carbocycles. The summed E-state index contributed by atoms with van der Waals surface area (Å²) in [5.74, 6) is -0.136. The van der Waals surface area contributed by atoms with Crippen LogP contribution >= 0.6 is 0 Å². The second-order valence-electron chi connectivity index (χ2n) is 8.23. The summed E-state index contributed by atoms with van der Waals surface area (Å²) in [6.07, 6.45) is 1.68. The third-order valence-electron chi connectivity index (χ3n) is 5.94. The quantitative estimate of drug-likeness (QED) is 0.568. The average Bonchev–Trinajstić information content (AvgIpc) is 3.45. The highest BCUT2D eigenvalue weighted by Gasteiger charge is 2.37. The van der Waals surface area contributed by atoms with Crippen molar-refractivity contribution in [3.05, 3.63) is 66.1 Å². The van der Waals surface area contributed by atoms with Gasteiger partial charge >= 0.3 is 0 Å². The van der Waals surface area contributed by atoms with E-state index in [4.69, 9.17) is 4.74 Å². The van der Waals surface area contributed by atoms with E-state index in [0.29, 0.717) is 24.5 Å². The number of nitrogens with one attached hydrogen (secondary N) is 1. The lowest BCUT2D eigenvalue weighted by molar-refractivity contribution is -0.134. The highest BCUT2D eigenvalue weighted by atomic mass is 19.1. The molecule has 1 aromatic heterocycles. The van der Waals surface area contributed by atoms with Crippen LogP contribution in [0.4, 0.5) is 10.1 Å². The van der Waals surface area contributed by atoms with Gasteiger partial charge in [-0.2, -0.15) is 5.10 Å². The van der Waals surface area contributed by atoms with E-state index >= 15 is 0 Å². The number of carbonyl (C=O) groups excluding carboxylic acids is 2. The molecule has 1 aliphatic heterocycles. The topological polar surface area (TPSA) is 78.5 Å². The fourth-order valence-electron chi connectivity index (χ4n) is 4.15. The Morgan fingerprint density at radius 2 is 2.00 bits per heavy atom. The van der Waals surface area contributed by atoms with Crippen LogP contribution in [-0.2, 0) is 16.0 Å². The molecule has 3 aromatic rings. The first-order chi connectivity index (χ1) is 16.0. The molecule has 7 nitrogen and oxygen atoms in total. The number of para-hydroxylation sites is 2. The second kappa shape index (κ2) is 9.85. The van der Waals surface area contributed by atoms with Crippen molar-refractivity contribution < 1.29 is 18.7 Å². The number of methoxy groups -OCH3 is 1. The van der Waals surface area contributed by atoms with Crippen molar-refractivity contribution in [2.45, 2.75) is 19.3 Å². The van der Waals surface area contributed by atoms with Crippen LogP contribution in [0.15, 0.2) is 54.6 Å². The highest BCUT2D eigenvalue weighted by molar-refractivity contribution is 6.01. The van der Waals surface area contributed by atoms with Crippen LogP contribution in [0.3, 0.4) is 0 Å². The highest BCUT2D eigenvalue weighted by Crippen LogP contribution is 2.33. The van der Waals surface area contributed by atoms with Gasteiger partial charge in [-0.1, -0.05) is 12.1 Å². The number of ether oxygens (including phenoxy) is 1. The smallest absolute Gasteiger partial charge is 0.227 e. The summed E-state index contributed by atoms with van der Waals surface area (Å²) >= 11 is 0. The number of nitrogens with zero attached hydrogens (tertiary/aromatic N) is 3. The van der Waals surface area contributed by atoms with E-state index in [1.807, 2.05) is 24.3 Å². The van der Waals surface area contributed by atoms with Crippen molar-refractivity contribution in [2.24, 2.45) is 5.92 Å². The number of anilines is 1. The number of aromatic nitrogens is 2. The maximum Gasteiger partial charge on any atom is 0.227 e. The lowest BCUT2D eigenvalue weighted by Gasteiger charge is -2.22. The van der Waals surface area contributed by atoms with Gasteiger partial charge in [0.2, 0.25) is 11.8 Å². The van der Waals surface area contributed by atoms with E-state index in [0.717, 1.165) is 29.8 Å². The SMILES string of the molecule is COc1ccccc1N1CC(C(=O)N(C)CCCc2cc(-c3ccc(F)cc3)n[nH]2)CC1=O. The molecule has 1 fully saturated rings. The Labute approximate surface area is 192 Å². The molecule has 8 heteroatoms. The fraction of sp³-hybridized carbons (Fsp3) is 0.320. The molecule has 0 spiro atoms. The Hall–Kier alpha value is -3.68. The lowest BCUT2D eigenvalue weighted by Crippen LogP contribution is -2.35. The molecule has 2 aromatic carbocycles. The van der Waals surface area contributed by atoms with Gasteiger partial charge in [0.25, 0.3) is 0 Å². The van der Waals surface area contributed by atoms with Crippen LogP contribution in [-0.4, -0.2) is 54.2 Å². The fourth-order valence-corrected chi connectivity index (χ4v) is 4.15. The van der Waals surface area contributed by atoms with Gasteiger partial charge in [0, 0.05) is 37.8 Å². The number of rotatable bonds is 8. The minimum Gasteiger partial charge on any atom is -0.495 e. The van der Waals surface area contributed by atoms with E-state index in [-0.39, 0.29) is 30.0 Å². The Morgan fingerprint density at radius 3 is 2.76 bits per heavy atom. The van der Waals surface area contributed by atoms with Gasteiger partial charge < -0.3 is 14.5 Å². The zero-order valence-corrected chi connectivity index (χ0v) is 18.8. The predicted molar refractivity (Wildman–Crippen MR) is 123 cm³/mol. The molecule has 172 valence electrons. The molecule has 1 atom stereocenters. The number of benzene rings is 2. The van der Waals surface area contributed by atoms with Gasteiger partial charge in [-0.3, -0.25) is 14.7 Å². The van der Waals surface area contributed by atoms with E-state index in [1.54, 1.807) is 42.2 Å². The zero-order valence-electron chi connectivity index (χ0n) is 18.8. The third-order valence-corrected chi connectivity index (χ3v) is 5.94. The molecule has 0 radical (unpaired) electrons. The molecule has 1 unspecified atom stereocenters. The number of halogens is 1. The number of hydrogen-bond donors (Lipinski definition) is 1. The standard InChI is InChI=1S/C25H27FN4O3/c1-29(13-5-6-20-15-21(28-27-20)17-9-11-19(26)12-10-17)25(32)18-14-24(31)30(16-18)22-7-3-4-8-23(22)33-2/h3-4,7-12,15,18H,5-6,13-14,16H2,1-2H3,(H,27,28). The number of carbonyl (C=O) groups is 2. The zero-order chi connectivity index (χ0) is 23.4. The second-order valence-corrected chi connectivity index (χ2v) is 8.23. The van der Waals surface area contributed by atoms with Crippen LogP contribution in [0.2, 0.25) is 0 Å². The van der Waals surface area contributed by atoms with Crippen LogP contribution in [0.1, 0.15) is 18.5 Å². The first-order valence-electron chi connectivity index (χ1n) is 10.9. The number of aryl methyl sites for hydroxylation is 1. The van der Waals surface area contributed by atoms with Crippen molar-refractivity contribution >= 4 is 17.5 Å². The van der Waals surface area contributed by atoms with Gasteiger partial charge in [0.15, 0.2) is 0 Å². The molecular weight excluding hydrogens is 423 g/mol. The van der Waals surface area contributed by atoms with Crippen LogP contribution < -0.4 is 9.64 Å². The normalized spacial score (nSPS) is 15.7. The first kappa shape index (κ1) is 22.5. The summed E-state index contributed by atoms with van der Waals surface area (Å²) in [5, 5.41) is 7.30. The van der Waals surface area contributed by atoms with Crippen molar-refractivity contribution in [1.29, 1.82) is 0 Å². The van der Waals surface area contributed by atoms with Gasteiger partial charge in [-0.25, -0.2) is 4.39 Å². The maximum atomic E-state index is 13.1. The largest absolute Gasteiger partial charge is 0.495 e. The van der Waals surface area contributed by atoms with E-state index in [1.165, 1.54) is 12.1 Å². The molecule has 2 amide bonds. The number of H-pyrrole nitrogens is 1. The molecule has 0 saturated carbocycles. The minimum atomic E-state index is -0.371. The maximum absolute atomic E-state index is 13.1. The third kappa shape index (κ3) is 5.05. The van der Waals surface area contributed by atoms with Crippen LogP contribution in [0.5, 0.6) is 5.75 Å². The van der Waals surface area contributed by atoms with Gasteiger partial charge in [-0.15, -0.1) is 0 Å². The van der Waals surface area contributed by atoms with Gasteiger partial charge in [0.05, 0.1) is 24.4 Å². The minimum absolute atomic E-state index is 0.0302. The van der Waals surface area contributed by atoms with E-state index in [2.05, 4.69) is 10.2 Å². The Morgan fingerprint density at radius 1 is 1.24 bits per heavy atom. The van der Waals surface area contributed by atoms with E-state index < -0.39 is 0 Å². The van der Waals surface area contributed by atoms with Crippen molar-refractivity contribution in [2.75, 3.05) is 32.1 Å². The summed E-state index contributed by atoms with van der Waals surface area (Å²) in [6.45, 7) is 0.924. The number of hydrogen-bond acceptors (Lipinski definition) is 4. The molecule has 2 heterocycles. The van der Waals surface area contributed by atoms with Gasteiger partial charge in [-0.05, 0) is 55.3 Å². The Balaban J connectivity index is 1.29. The molecule has 1 saturated heterocycles. The lowest BCUT2D eigenvalue weighted by atomic mass is 10.1. The Kier molecular flexibility index (Phi) is 6.72. The first-order valence-corrected chi connectivity index (χ1v) is 10.9. The Bertz CT molecular complexity index is 1130. The molecule has 33 heavy (non-hydrogen) atoms. The van der Waals surface area contributed by atoms with E-state index in [9.17, 15) is 14.0 Å². The predicted octanol–water partition coefficient (Wildman–Crippen LogP) is 3.67. The molecule has 4 rings (SSSR count). The summed E-state index contributed by atoms with van der Waals surface area (Å²) in [6, 6.07) is 15.5. The number of amides is 2. The molecule has 1 N–H and O–H groups in total. The van der Waals surface area contributed by atoms with Crippen molar-refractivity contribution in [1.82, 2.24) is 15.1 Å². The van der Waals surface area contributed by atoms with Crippen molar-refractivity contribution in [3.8, 4) is 17.0 Å². The van der Waals surface area contributed by atoms with Crippen molar-refractivity contribution in [3.63, 3.8) is 0 Å². The molecular formula is C25H27FN4O3. The average molecular weight is 451 g/mol. The molecule has 1 aliphatic rings. The van der Waals surface area contributed by atoms with Crippen LogP contribution in [0, 0.1) is 11.7 Å². The summed E-state index contributed by atoms with van der Waals surface area (Å²) in [5.41, 5.74) is 3.25. The van der Waals surface area contributed by atoms with Crippen LogP contribution in [0.25, 0.3) is 11.3 Å². The summed E-state index contributed by atoms with van der Waals surface area (Å²) in [7, 11) is 3.34.